The van der Waals surface area contributed by atoms with Crippen LogP contribution >= 0.6 is 23.1 Å². The summed E-state index contributed by atoms with van der Waals surface area (Å²) in [5, 5.41) is 19.1. The van der Waals surface area contributed by atoms with Gasteiger partial charge in [0.1, 0.15) is 16.9 Å². The summed E-state index contributed by atoms with van der Waals surface area (Å²) in [5.74, 6) is -1.29. The topological polar surface area (TPSA) is 150 Å². The maximum Gasteiger partial charge on any atom is 0.321 e. The normalized spacial score (nSPS) is 10.2. The number of nitrogen functional groups attached to an aromatic ring is 1. The van der Waals surface area contributed by atoms with Gasteiger partial charge < -0.3 is 16.4 Å². The molecular formula is C22H20N6O3S2. The first-order valence-corrected chi connectivity index (χ1v) is 11.6. The van der Waals surface area contributed by atoms with E-state index in [1.54, 1.807) is 35.6 Å². The van der Waals surface area contributed by atoms with Crippen molar-refractivity contribution in [3.8, 4) is 6.07 Å². The number of hydrogen-bond donors (Lipinski definition) is 4. The van der Waals surface area contributed by atoms with Crippen molar-refractivity contribution in [1.29, 1.82) is 5.26 Å². The Kier molecular flexibility index (Phi) is 8.40. The van der Waals surface area contributed by atoms with Crippen molar-refractivity contribution in [2.24, 2.45) is 0 Å². The van der Waals surface area contributed by atoms with Crippen LogP contribution in [0.25, 0.3) is 0 Å². The SMILES string of the molecule is N#Cc1cc(C(=O)Nc2ccccc2)c(N)nc1SCC(=O)NC(=O)NCCc1cccs1. The molecular weight excluding hydrogens is 460 g/mol. The lowest BCUT2D eigenvalue weighted by molar-refractivity contribution is -0.117. The van der Waals surface area contributed by atoms with E-state index in [4.69, 9.17) is 5.73 Å². The summed E-state index contributed by atoms with van der Waals surface area (Å²) in [4.78, 5) is 41.7. The number of imide groups is 1. The molecule has 5 N–H and O–H groups in total. The van der Waals surface area contributed by atoms with Crippen molar-refractivity contribution in [2.45, 2.75) is 11.4 Å². The summed E-state index contributed by atoms with van der Waals surface area (Å²) in [6.07, 6.45) is 0.674. The molecule has 0 aliphatic rings. The Morgan fingerprint density at radius 3 is 2.64 bits per heavy atom. The van der Waals surface area contributed by atoms with Crippen molar-refractivity contribution in [1.82, 2.24) is 15.6 Å². The molecule has 0 fully saturated rings. The average Bonchev–Trinajstić information content (AvgIpc) is 3.32. The van der Waals surface area contributed by atoms with E-state index in [0.717, 1.165) is 16.6 Å². The van der Waals surface area contributed by atoms with Crippen LogP contribution in [0, 0.1) is 11.3 Å². The molecule has 0 atom stereocenters. The van der Waals surface area contributed by atoms with E-state index >= 15 is 0 Å². The molecule has 0 unspecified atom stereocenters. The lowest BCUT2D eigenvalue weighted by atomic mass is 10.2. The van der Waals surface area contributed by atoms with Gasteiger partial charge in [-0.2, -0.15) is 5.26 Å². The zero-order valence-electron chi connectivity index (χ0n) is 17.3. The van der Waals surface area contributed by atoms with Gasteiger partial charge in [0.05, 0.1) is 16.9 Å². The van der Waals surface area contributed by atoms with E-state index in [1.165, 1.54) is 6.07 Å². The number of carbonyl (C=O) groups is 3. The number of amides is 4. The third kappa shape index (κ3) is 7.06. The second kappa shape index (κ2) is 11.7. The molecule has 0 radical (unpaired) electrons. The molecule has 4 amide bonds. The van der Waals surface area contributed by atoms with Crippen LogP contribution in [0.5, 0.6) is 0 Å². The Morgan fingerprint density at radius 2 is 1.94 bits per heavy atom. The Labute approximate surface area is 198 Å². The van der Waals surface area contributed by atoms with Crippen molar-refractivity contribution < 1.29 is 14.4 Å². The summed E-state index contributed by atoms with van der Waals surface area (Å²) >= 11 is 2.54. The van der Waals surface area contributed by atoms with Crippen LogP contribution in [-0.2, 0) is 11.2 Å². The molecule has 0 bridgehead atoms. The highest BCUT2D eigenvalue weighted by Crippen LogP contribution is 2.24. The fourth-order valence-corrected chi connectivity index (χ4v) is 4.17. The average molecular weight is 481 g/mol. The van der Waals surface area contributed by atoms with E-state index in [2.05, 4.69) is 20.9 Å². The third-order valence-corrected chi connectivity index (χ3v) is 6.17. The van der Waals surface area contributed by atoms with Crippen LogP contribution in [0.4, 0.5) is 16.3 Å². The maximum absolute atomic E-state index is 12.5. The van der Waals surface area contributed by atoms with Gasteiger partial charge >= 0.3 is 6.03 Å². The number of nitrogens with one attached hydrogen (secondary N) is 3. The standard InChI is InChI=1S/C22H20N6O3S2/c23-12-14-11-17(20(30)26-15-5-2-1-3-6-15)19(24)28-21(14)33-13-18(29)27-22(31)25-9-8-16-7-4-10-32-16/h1-7,10-11H,8-9,13H2,(H2,24,28)(H,26,30)(H2,25,27,29,31). The van der Waals surface area contributed by atoms with Gasteiger partial charge in [0.2, 0.25) is 5.91 Å². The maximum atomic E-state index is 12.5. The van der Waals surface area contributed by atoms with Gasteiger partial charge in [0, 0.05) is 17.1 Å². The van der Waals surface area contributed by atoms with E-state index < -0.39 is 17.8 Å². The van der Waals surface area contributed by atoms with Crippen molar-refractivity contribution >= 4 is 52.4 Å². The minimum absolute atomic E-state index is 0.0503. The molecule has 1 aromatic carbocycles. The van der Waals surface area contributed by atoms with Gasteiger partial charge in [-0.05, 0) is 36.1 Å². The third-order valence-electron chi connectivity index (χ3n) is 4.24. The summed E-state index contributed by atoms with van der Waals surface area (Å²) in [5.41, 5.74) is 6.64. The van der Waals surface area contributed by atoms with Crippen molar-refractivity contribution in [3.05, 3.63) is 69.9 Å². The van der Waals surface area contributed by atoms with Gasteiger partial charge in [-0.3, -0.25) is 14.9 Å². The Morgan fingerprint density at radius 1 is 1.15 bits per heavy atom. The van der Waals surface area contributed by atoms with Crippen LogP contribution in [0.3, 0.4) is 0 Å². The predicted octanol–water partition coefficient (Wildman–Crippen LogP) is 3.01. The van der Waals surface area contributed by atoms with Gasteiger partial charge in [-0.15, -0.1) is 11.3 Å². The molecule has 0 aliphatic heterocycles. The summed E-state index contributed by atoms with van der Waals surface area (Å²) in [7, 11) is 0. The van der Waals surface area contributed by atoms with Crippen molar-refractivity contribution in [3.63, 3.8) is 0 Å². The van der Waals surface area contributed by atoms with E-state index in [-0.39, 0.29) is 27.7 Å². The number of pyridine rings is 1. The predicted molar refractivity (Wildman–Crippen MR) is 128 cm³/mol. The fraction of sp³-hybridized carbons (Fsp3) is 0.136. The highest BCUT2D eigenvalue weighted by molar-refractivity contribution is 8.00. The van der Waals surface area contributed by atoms with Gasteiger partial charge in [0.25, 0.3) is 5.91 Å². The van der Waals surface area contributed by atoms with Gasteiger partial charge in [0.15, 0.2) is 0 Å². The number of aromatic nitrogens is 1. The smallest absolute Gasteiger partial charge is 0.321 e. The molecule has 168 valence electrons. The lowest BCUT2D eigenvalue weighted by Crippen LogP contribution is -2.41. The Balaban J connectivity index is 1.54. The molecule has 3 rings (SSSR count). The number of para-hydroxylation sites is 1. The van der Waals surface area contributed by atoms with E-state index in [9.17, 15) is 19.6 Å². The molecule has 0 spiro atoms. The quantitative estimate of drug-likeness (QED) is 0.362. The van der Waals surface area contributed by atoms with Crippen LogP contribution in [0.15, 0.2) is 58.9 Å². The molecule has 3 aromatic rings. The first-order chi connectivity index (χ1) is 16.0. The number of carbonyl (C=O) groups excluding carboxylic acids is 3. The van der Waals surface area contributed by atoms with Gasteiger partial charge in [-0.1, -0.05) is 36.0 Å². The molecule has 0 saturated heterocycles. The first-order valence-electron chi connectivity index (χ1n) is 9.76. The number of nitrogens with two attached hydrogens (primary N) is 1. The number of benzene rings is 1. The highest BCUT2D eigenvalue weighted by atomic mass is 32.2. The molecule has 2 heterocycles. The van der Waals surface area contributed by atoms with Crippen LogP contribution < -0.4 is 21.7 Å². The zero-order chi connectivity index (χ0) is 23.6. The molecule has 0 saturated carbocycles. The number of thioether (sulfide) groups is 1. The second-order valence-corrected chi connectivity index (χ2v) is 8.62. The van der Waals surface area contributed by atoms with Crippen LogP contribution in [-0.4, -0.2) is 35.1 Å². The van der Waals surface area contributed by atoms with Crippen LogP contribution in [0.1, 0.15) is 20.8 Å². The molecule has 11 heteroatoms. The number of urea groups is 1. The van der Waals surface area contributed by atoms with Crippen molar-refractivity contribution in [2.75, 3.05) is 23.3 Å². The molecule has 9 nitrogen and oxygen atoms in total. The first kappa shape index (κ1) is 23.8. The van der Waals surface area contributed by atoms with Crippen LogP contribution in [0.2, 0.25) is 0 Å². The lowest BCUT2D eigenvalue weighted by Gasteiger charge is -2.10. The number of thiophene rings is 1. The number of anilines is 2. The summed E-state index contributed by atoms with van der Waals surface area (Å²) in [6, 6.07) is 15.4. The summed E-state index contributed by atoms with van der Waals surface area (Å²) < 4.78 is 0. The largest absolute Gasteiger partial charge is 0.383 e. The van der Waals surface area contributed by atoms with Gasteiger partial charge in [-0.25, -0.2) is 9.78 Å². The fourth-order valence-electron chi connectivity index (χ4n) is 2.70. The molecule has 33 heavy (non-hydrogen) atoms. The van der Waals surface area contributed by atoms with E-state index in [1.807, 2.05) is 29.6 Å². The number of nitriles is 1. The minimum Gasteiger partial charge on any atom is -0.383 e. The zero-order valence-corrected chi connectivity index (χ0v) is 19.0. The summed E-state index contributed by atoms with van der Waals surface area (Å²) in [6.45, 7) is 0.399. The minimum atomic E-state index is -0.599. The number of hydrogen-bond acceptors (Lipinski definition) is 8. The number of rotatable bonds is 8. The Bertz CT molecular complexity index is 1180. The Hall–Kier alpha value is -3.88. The number of nitrogens with zero attached hydrogens (tertiary/aromatic N) is 2. The van der Waals surface area contributed by atoms with E-state index in [0.29, 0.717) is 18.7 Å². The highest BCUT2D eigenvalue weighted by Gasteiger charge is 2.18. The second-order valence-electron chi connectivity index (χ2n) is 6.63. The molecule has 0 aliphatic carbocycles. The molecule has 2 aromatic heterocycles. The monoisotopic (exact) mass is 480 g/mol.